The molecule has 8 nitrogen and oxygen atoms in total. The molecule has 1 aromatic carbocycles. The predicted molar refractivity (Wildman–Crippen MR) is 96.7 cm³/mol. The van der Waals surface area contributed by atoms with Crippen molar-refractivity contribution in [2.75, 3.05) is 13.1 Å². The van der Waals surface area contributed by atoms with Crippen LogP contribution in [0.1, 0.15) is 24.3 Å². The number of piperazine rings is 1. The lowest BCUT2D eigenvalue weighted by Gasteiger charge is -2.43. The standard InChI is InChI=1S/C15H17Cl2N5O3S/c1-9-7-21(26(24,25)14-5-11(16)3-4-12(14)17)8-10(2)22(9)15(23)13-6-18-20-19-13/h3-6,9-10H,7-8H2,1-2H3,(H,18,19,20)/t9-,10+. The number of aromatic amines is 1. The monoisotopic (exact) mass is 417 g/mol. The molecule has 0 radical (unpaired) electrons. The van der Waals surface area contributed by atoms with Crippen LogP contribution in [0.15, 0.2) is 29.3 Å². The first kappa shape index (κ1) is 19.1. The maximum Gasteiger partial charge on any atom is 0.276 e. The quantitative estimate of drug-likeness (QED) is 0.823. The highest BCUT2D eigenvalue weighted by atomic mass is 35.5. The summed E-state index contributed by atoms with van der Waals surface area (Å²) in [6.45, 7) is 3.85. The molecule has 140 valence electrons. The maximum atomic E-state index is 13.0. The third-order valence-electron chi connectivity index (χ3n) is 4.27. The van der Waals surface area contributed by atoms with Crippen molar-refractivity contribution in [2.45, 2.75) is 30.8 Å². The number of H-pyrrole nitrogens is 1. The number of nitrogens with zero attached hydrogens (tertiary/aromatic N) is 4. The van der Waals surface area contributed by atoms with E-state index in [1.54, 1.807) is 18.7 Å². The van der Waals surface area contributed by atoms with Gasteiger partial charge in [-0.05, 0) is 32.0 Å². The second-order valence-corrected chi connectivity index (χ2v) is 8.92. The average molecular weight is 418 g/mol. The minimum absolute atomic E-state index is 0.0395. The van der Waals surface area contributed by atoms with Crippen molar-refractivity contribution in [3.63, 3.8) is 0 Å². The molecule has 0 aliphatic carbocycles. The summed E-state index contributed by atoms with van der Waals surface area (Å²) in [4.78, 5) is 14.2. The average Bonchev–Trinajstić information content (AvgIpc) is 3.10. The van der Waals surface area contributed by atoms with Gasteiger partial charge in [0.2, 0.25) is 10.0 Å². The molecule has 0 saturated carbocycles. The summed E-state index contributed by atoms with van der Waals surface area (Å²) in [5, 5.41) is 10.2. The molecule has 1 N–H and O–H groups in total. The van der Waals surface area contributed by atoms with E-state index in [4.69, 9.17) is 23.2 Å². The Bertz CT molecular complexity index is 907. The number of hydrogen-bond donors (Lipinski definition) is 1. The molecule has 2 atom stereocenters. The molecule has 0 bridgehead atoms. The molecule has 1 fully saturated rings. The number of carbonyl (C=O) groups excluding carboxylic acids is 1. The van der Waals surface area contributed by atoms with E-state index < -0.39 is 10.0 Å². The molecule has 11 heteroatoms. The molecule has 2 aromatic rings. The molecule has 0 unspecified atom stereocenters. The van der Waals surface area contributed by atoms with Crippen LogP contribution in [0.5, 0.6) is 0 Å². The van der Waals surface area contributed by atoms with Crippen molar-refractivity contribution >= 4 is 39.1 Å². The van der Waals surface area contributed by atoms with E-state index in [1.165, 1.54) is 28.7 Å². The topological polar surface area (TPSA) is 99.3 Å². The zero-order valence-corrected chi connectivity index (χ0v) is 16.4. The molecule has 2 heterocycles. The Labute approximate surface area is 161 Å². The Kier molecular flexibility index (Phi) is 5.25. The van der Waals surface area contributed by atoms with Crippen molar-refractivity contribution in [1.82, 2.24) is 24.6 Å². The predicted octanol–water partition coefficient (Wildman–Crippen LogP) is 2.04. The van der Waals surface area contributed by atoms with E-state index >= 15 is 0 Å². The SMILES string of the molecule is C[C@@H]1CN(S(=O)(=O)c2cc(Cl)ccc2Cl)C[C@H](C)N1C(=O)c1c[nH]nn1. The van der Waals surface area contributed by atoms with Crippen LogP contribution in [-0.2, 0) is 10.0 Å². The molecule has 0 spiro atoms. The lowest BCUT2D eigenvalue weighted by atomic mass is 10.1. The first-order valence-electron chi connectivity index (χ1n) is 7.86. The number of nitrogens with one attached hydrogen (secondary N) is 1. The number of hydrogen-bond acceptors (Lipinski definition) is 5. The van der Waals surface area contributed by atoms with Crippen molar-refractivity contribution < 1.29 is 13.2 Å². The number of sulfonamides is 1. The number of aromatic nitrogens is 3. The summed E-state index contributed by atoms with van der Waals surface area (Å²) in [6, 6.07) is 3.62. The molecule has 26 heavy (non-hydrogen) atoms. The second-order valence-electron chi connectivity index (χ2n) is 6.17. The minimum atomic E-state index is -3.84. The molecule has 1 aromatic heterocycles. The fourth-order valence-electron chi connectivity index (χ4n) is 3.12. The van der Waals surface area contributed by atoms with Gasteiger partial charge in [0.1, 0.15) is 4.90 Å². The van der Waals surface area contributed by atoms with Crippen LogP contribution >= 0.6 is 23.2 Å². The van der Waals surface area contributed by atoms with Gasteiger partial charge >= 0.3 is 0 Å². The van der Waals surface area contributed by atoms with E-state index in [0.717, 1.165) is 0 Å². The van der Waals surface area contributed by atoms with Gasteiger partial charge in [0, 0.05) is 30.2 Å². The van der Waals surface area contributed by atoms with Crippen molar-refractivity contribution in [3.8, 4) is 0 Å². The van der Waals surface area contributed by atoms with Gasteiger partial charge in [0.25, 0.3) is 5.91 Å². The summed E-state index contributed by atoms with van der Waals surface area (Å²) >= 11 is 12.0. The van der Waals surface area contributed by atoms with Gasteiger partial charge in [-0.1, -0.05) is 28.4 Å². The molecule has 1 aliphatic heterocycles. The minimum Gasteiger partial charge on any atom is -0.329 e. The van der Waals surface area contributed by atoms with E-state index in [-0.39, 0.29) is 51.7 Å². The maximum absolute atomic E-state index is 13.0. The molecular weight excluding hydrogens is 401 g/mol. The van der Waals surface area contributed by atoms with Crippen LogP contribution < -0.4 is 0 Å². The number of carbonyl (C=O) groups is 1. The summed E-state index contributed by atoms with van der Waals surface area (Å²) in [5.74, 6) is -0.295. The van der Waals surface area contributed by atoms with Crippen LogP contribution in [0, 0.1) is 0 Å². The van der Waals surface area contributed by atoms with Crippen molar-refractivity contribution in [1.29, 1.82) is 0 Å². The third-order valence-corrected chi connectivity index (χ3v) is 6.82. The third kappa shape index (κ3) is 3.44. The highest BCUT2D eigenvalue weighted by molar-refractivity contribution is 7.89. The highest BCUT2D eigenvalue weighted by Crippen LogP contribution is 2.30. The van der Waals surface area contributed by atoms with Crippen LogP contribution in [0.2, 0.25) is 10.0 Å². The normalized spacial score (nSPS) is 21.8. The Balaban J connectivity index is 1.87. The lowest BCUT2D eigenvalue weighted by Crippen LogP contribution is -2.59. The highest BCUT2D eigenvalue weighted by Gasteiger charge is 2.39. The smallest absolute Gasteiger partial charge is 0.276 e. The number of rotatable bonds is 3. The largest absolute Gasteiger partial charge is 0.329 e. The van der Waals surface area contributed by atoms with E-state index in [1.807, 2.05) is 0 Å². The van der Waals surface area contributed by atoms with Crippen molar-refractivity contribution in [3.05, 3.63) is 40.1 Å². The number of halogens is 2. The fraction of sp³-hybridized carbons (Fsp3) is 0.400. The molecule has 3 rings (SSSR count). The number of benzene rings is 1. The molecule has 1 amide bonds. The summed E-state index contributed by atoms with van der Waals surface area (Å²) in [6.07, 6.45) is 1.41. The first-order valence-corrected chi connectivity index (χ1v) is 10.1. The van der Waals surface area contributed by atoms with E-state index in [9.17, 15) is 13.2 Å². The van der Waals surface area contributed by atoms with Crippen LogP contribution in [0.3, 0.4) is 0 Å². The molecular formula is C15H17Cl2N5O3S. The first-order chi connectivity index (χ1) is 12.2. The van der Waals surface area contributed by atoms with Gasteiger partial charge < -0.3 is 4.90 Å². The van der Waals surface area contributed by atoms with Crippen LogP contribution in [0.4, 0.5) is 0 Å². The molecule has 1 aliphatic rings. The van der Waals surface area contributed by atoms with Gasteiger partial charge in [-0.25, -0.2) is 8.42 Å². The summed E-state index contributed by atoms with van der Waals surface area (Å²) in [7, 11) is -3.84. The zero-order chi connectivity index (χ0) is 19.1. The van der Waals surface area contributed by atoms with Gasteiger partial charge in [-0.3, -0.25) is 9.89 Å². The Morgan fingerprint density at radius 1 is 1.23 bits per heavy atom. The van der Waals surface area contributed by atoms with E-state index in [2.05, 4.69) is 15.4 Å². The summed E-state index contributed by atoms with van der Waals surface area (Å²) < 4.78 is 27.3. The van der Waals surface area contributed by atoms with Crippen LogP contribution in [0.25, 0.3) is 0 Å². The Morgan fingerprint density at radius 3 is 2.46 bits per heavy atom. The lowest BCUT2D eigenvalue weighted by molar-refractivity contribution is 0.0435. The van der Waals surface area contributed by atoms with Gasteiger partial charge in [-0.2, -0.15) is 4.31 Å². The van der Waals surface area contributed by atoms with Gasteiger partial charge in [0.05, 0.1) is 11.2 Å². The van der Waals surface area contributed by atoms with Gasteiger partial charge in [0.15, 0.2) is 5.69 Å². The summed E-state index contributed by atoms with van der Waals surface area (Å²) in [5.41, 5.74) is 0.192. The fourth-order valence-corrected chi connectivity index (χ4v) is 5.46. The van der Waals surface area contributed by atoms with Crippen LogP contribution in [-0.4, -0.2) is 64.1 Å². The molecule has 1 saturated heterocycles. The van der Waals surface area contributed by atoms with Gasteiger partial charge in [-0.15, -0.1) is 5.10 Å². The van der Waals surface area contributed by atoms with Crippen molar-refractivity contribution in [2.24, 2.45) is 0 Å². The Morgan fingerprint density at radius 2 is 1.88 bits per heavy atom. The Hall–Kier alpha value is -1.68. The zero-order valence-electron chi connectivity index (χ0n) is 14.1. The van der Waals surface area contributed by atoms with E-state index in [0.29, 0.717) is 0 Å². The number of amides is 1. The second kappa shape index (κ2) is 7.15.